The number of amides is 3. The Hall–Kier alpha value is -1.96. The molecule has 1 aromatic rings. The second-order valence-corrected chi connectivity index (χ2v) is 8.69. The topological polar surface area (TPSA) is 105 Å². The van der Waals surface area contributed by atoms with Crippen molar-refractivity contribution in [3.63, 3.8) is 0 Å². The minimum absolute atomic E-state index is 0.0150. The molecule has 0 aliphatic heterocycles. The Balaban J connectivity index is 2.07. The van der Waals surface area contributed by atoms with Gasteiger partial charge in [-0.25, -0.2) is 4.98 Å². The van der Waals surface area contributed by atoms with Crippen LogP contribution in [-0.4, -0.2) is 39.7 Å². The van der Waals surface area contributed by atoms with Crippen LogP contribution in [0.5, 0.6) is 0 Å². The van der Waals surface area contributed by atoms with Crippen LogP contribution in [0.1, 0.15) is 59.3 Å². The van der Waals surface area contributed by atoms with Gasteiger partial charge in [-0.2, -0.15) is 0 Å². The van der Waals surface area contributed by atoms with Crippen molar-refractivity contribution < 1.29 is 14.4 Å². The molecule has 0 bridgehead atoms. The lowest BCUT2D eigenvalue weighted by Gasteiger charge is -2.41. The fraction of sp³-hybridized carbons (Fsp3) is 0.667. The minimum Gasteiger partial charge on any atom is -0.368 e. The average Bonchev–Trinajstić information content (AvgIpc) is 3.21. The molecule has 0 aromatic carbocycles. The standard InChI is InChI=1S/C18H28N4O3S/c1-18(2,3)15(16(19)25)22(12-6-4-5-7-12)14(24)9-8-13(23)21-17-20-10-11-26-17/h10-12,15H,4-9H2,1-3H3,(H2,19,25)(H,20,21,23). The Labute approximate surface area is 158 Å². The van der Waals surface area contributed by atoms with Gasteiger partial charge in [0.15, 0.2) is 5.13 Å². The van der Waals surface area contributed by atoms with E-state index >= 15 is 0 Å². The van der Waals surface area contributed by atoms with Crippen molar-refractivity contribution in [2.24, 2.45) is 11.1 Å². The number of rotatable bonds is 7. The van der Waals surface area contributed by atoms with Crippen molar-refractivity contribution in [3.8, 4) is 0 Å². The number of nitrogens with zero attached hydrogens (tertiary/aromatic N) is 2. The molecule has 7 nitrogen and oxygen atoms in total. The zero-order chi connectivity index (χ0) is 19.3. The van der Waals surface area contributed by atoms with E-state index in [0.717, 1.165) is 25.7 Å². The molecule has 3 N–H and O–H groups in total. The third-order valence-corrected chi connectivity index (χ3v) is 5.31. The Morgan fingerprint density at radius 2 is 1.96 bits per heavy atom. The number of nitrogens with two attached hydrogens (primary N) is 1. The summed E-state index contributed by atoms with van der Waals surface area (Å²) in [6, 6.07) is -0.665. The van der Waals surface area contributed by atoms with Gasteiger partial charge in [0.05, 0.1) is 0 Å². The van der Waals surface area contributed by atoms with Gasteiger partial charge in [0.1, 0.15) is 6.04 Å². The number of thiazole rings is 1. The summed E-state index contributed by atoms with van der Waals surface area (Å²) in [4.78, 5) is 42.8. The number of aromatic nitrogens is 1. The van der Waals surface area contributed by atoms with Crippen molar-refractivity contribution >= 4 is 34.2 Å². The highest BCUT2D eigenvalue weighted by Gasteiger charge is 2.41. The predicted molar refractivity (Wildman–Crippen MR) is 102 cm³/mol. The molecule has 144 valence electrons. The molecule has 1 heterocycles. The van der Waals surface area contributed by atoms with E-state index in [1.165, 1.54) is 11.3 Å². The Kier molecular flexibility index (Phi) is 6.75. The summed E-state index contributed by atoms with van der Waals surface area (Å²) in [5.41, 5.74) is 5.19. The molecular weight excluding hydrogens is 352 g/mol. The maximum Gasteiger partial charge on any atom is 0.240 e. The van der Waals surface area contributed by atoms with Crippen LogP contribution in [0.25, 0.3) is 0 Å². The van der Waals surface area contributed by atoms with Crippen LogP contribution < -0.4 is 11.1 Å². The van der Waals surface area contributed by atoms with E-state index in [4.69, 9.17) is 5.73 Å². The lowest BCUT2D eigenvalue weighted by Crippen LogP contribution is -2.57. The molecule has 0 saturated heterocycles. The second kappa shape index (κ2) is 8.62. The summed E-state index contributed by atoms with van der Waals surface area (Å²) in [6.07, 6.45) is 5.52. The van der Waals surface area contributed by atoms with Gasteiger partial charge in [0, 0.05) is 30.5 Å². The van der Waals surface area contributed by atoms with E-state index in [1.807, 2.05) is 20.8 Å². The molecular formula is C18H28N4O3S. The molecule has 1 aliphatic carbocycles. The number of carbonyl (C=O) groups is 3. The number of hydrogen-bond acceptors (Lipinski definition) is 5. The molecule has 1 aromatic heterocycles. The second-order valence-electron chi connectivity index (χ2n) is 7.80. The summed E-state index contributed by atoms with van der Waals surface area (Å²) in [5, 5.41) is 4.96. The van der Waals surface area contributed by atoms with Crippen molar-refractivity contribution in [2.45, 2.75) is 71.4 Å². The molecule has 1 unspecified atom stereocenters. The maximum absolute atomic E-state index is 13.0. The van der Waals surface area contributed by atoms with Crippen LogP contribution in [0.4, 0.5) is 5.13 Å². The van der Waals surface area contributed by atoms with Crippen LogP contribution in [0.15, 0.2) is 11.6 Å². The highest BCUT2D eigenvalue weighted by atomic mass is 32.1. The molecule has 0 spiro atoms. The fourth-order valence-electron chi connectivity index (χ4n) is 3.54. The summed E-state index contributed by atoms with van der Waals surface area (Å²) < 4.78 is 0. The van der Waals surface area contributed by atoms with E-state index in [9.17, 15) is 14.4 Å². The van der Waals surface area contributed by atoms with Gasteiger partial charge < -0.3 is 16.0 Å². The van der Waals surface area contributed by atoms with E-state index in [1.54, 1.807) is 16.5 Å². The third-order valence-electron chi connectivity index (χ3n) is 4.62. The van der Waals surface area contributed by atoms with Crippen LogP contribution in [0.3, 0.4) is 0 Å². The molecule has 2 rings (SSSR count). The van der Waals surface area contributed by atoms with E-state index in [0.29, 0.717) is 5.13 Å². The van der Waals surface area contributed by atoms with Gasteiger partial charge in [-0.3, -0.25) is 14.4 Å². The molecule has 8 heteroatoms. The highest BCUT2D eigenvalue weighted by molar-refractivity contribution is 7.13. The fourth-order valence-corrected chi connectivity index (χ4v) is 4.08. The molecule has 3 amide bonds. The lowest BCUT2D eigenvalue weighted by atomic mass is 9.84. The zero-order valence-electron chi connectivity index (χ0n) is 15.7. The first-order chi connectivity index (χ1) is 12.2. The number of primary amides is 1. The largest absolute Gasteiger partial charge is 0.368 e. The number of anilines is 1. The molecule has 0 radical (unpaired) electrons. The molecule has 1 saturated carbocycles. The van der Waals surface area contributed by atoms with Gasteiger partial charge in [0.2, 0.25) is 17.7 Å². The van der Waals surface area contributed by atoms with Gasteiger partial charge in [0.25, 0.3) is 0 Å². The lowest BCUT2D eigenvalue weighted by molar-refractivity contribution is -0.146. The van der Waals surface area contributed by atoms with E-state index < -0.39 is 17.4 Å². The van der Waals surface area contributed by atoms with Crippen molar-refractivity contribution in [1.82, 2.24) is 9.88 Å². The summed E-state index contributed by atoms with van der Waals surface area (Å²) in [5.74, 6) is -0.944. The Morgan fingerprint density at radius 1 is 1.31 bits per heavy atom. The SMILES string of the molecule is CC(C)(C)C(C(N)=O)N(C(=O)CCC(=O)Nc1nccs1)C1CCCC1. The van der Waals surface area contributed by atoms with Crippen molar-refractivity contribution in [2.75, 3.05) is 5.32 Å². The minimum atomic E-state index is -0.680. The monoisotopic (exact) mass is 380 g/mol. The molecule has 1 fully saturated rings. The summed E-state index contributed by atoms with van der Waals surface area (Å²) >= 11 is 1.32. The van der Waals surface area contributed by atoms with Crippen molar-refractivity contribution in [3.05, 3.63) is 11.6 Å². The number of carbonyl (C=O) groups excluding carboxylic acids is 3. The first-order valence-corrected chi connectivity index (χ1v) is 9.88. The third kappa shape index (κ3) is 5.27. The molecule has 26 heavy (non-hydrogen) atoms. The maximum atomic E-state index is 13.0. The van der Waals surface area contributed by atoms with Crippen LogP contribution >= 0.6 is 11.3 Å². The van der Waals surface area contributed by atoms with Crippen molar-refractivity contribution in [1.29, 1.82) is 0 Å². The van der Waals surface area contributed by atoms with Crippen LogP contribution in [-0.2, 0) is 14.4 Å². The van der Waals surface area contributed by atoms with Gasteiger partial charge in [-0.05, 0) is 18.3 Å². The molecule has 1 aliphatic rings. The quantitative estimate of drug-likeness (QED) is 0.758. The summed E-state index contributed by atoms with van der Waals surface area (Å²) in [6.45, 7) is 5.73. The predicted octanol–water partition coefficient (Wildman–Crippen LogP) is 2.53. The van der Waals surface area contributed by atoms with E-state index in [-0.39, 0.29) is 30.7 Å². The average molecular weight is 381 g/mol. The number of nitrogens with one attached hydrogen (secondary N) is 1. The summed E-state index contributed by atoms with van der Waals surface area (Å²) in [7, 11) is 0. The smallest absolute Gasteiger partial charge is 0.240 e. The van der Waals surface area contributed by atoms with E-state index in [2.05, 4.69) is 10.3 Å². The first-order valence-electron chi connectivity index (χ1n) is 9.00. The van der Waals surface area contributed by atoms with Crippen LogP contribution in [0, 0.1) is 5.41 Å². The van der Waals surface area contributed by atoms with Gasteiger partial charge >= 0.3 is 0 Å². The Bertz CT molecular complexity index is 633. The van der Waals surface area contributed by atoms with Crippen LogP contribution in [0.2, 0.25) is 0 Å². The molecule has 1 atom stereocenters. The zero-order valence-corrected chi connectivity index (χ0v) is 16.5. The number of hydrogen-bond donors (Lipinski definition) is 2. The normalized spacial score (nSPS) is 16.3. The highest BCUT2D eigenvalue weighted by Crippen LogP contribution is 2.32. The Morgan fingerprint density at radius 3 is 2.46 bits per heavy atom. The first kappa shape index (κ1) is 20.4. The van der Waals surface area contributed by atoms with Gasteiger partial charge in [-0.15, -0.1) is 11.3 Å². The van der Waals surface area contributed by atoms with Gasteiger partial charge in [-0.1, -0.05) is 33.6 Å².